The van der Waals surface area contributed by atoms with Crippen LogP contribution in [0.2, 0.25) is 0 Å². The van der Waals surface area contributed by atoms with Gasteiger partial charge < -0.3 is 14.6 Å². The molecular formula is C24H24N6O2. The van der Waals surface area contributed by atoms with Crippen molar-refractivity contribution < 1.29 is 9.21 Å². The summed E-state index contributed by atoms with van der Waals surface area (Å²) in [5, 5.41) is 7.34. The predicted molar refractivity (Wildman–Crippen MR) is 121 cm³/mol. The fourth-order valence-electron chi connectivity index (χ4n) is 3.92. The second kappa shape index (κ2) is 8.30. The van der Waals surface area contributed by atoms with Gasteiger partial charge in [0.2, 0.25) is 5.95 Å². The summed E-state index contributed by atoms with van der Waals surface area (Å²) in [6, 6.07) is 13.3. The van der Waals surface area contributed by atoms with Gasteiger partial charge in [-0.25, -0.2) is 9.97 Å². The minimum atomic E-state index is -0.0796. The Bertz CT molecular complexity index is 1240. The summed E-state index contributed by atoms with van der Waals surface area (Å²) in [7, 11) is 1.88. The van der Waals surface area contributed by atoms with Gasteiger partial charge in [0.05, 0.1) is 11.9 Å². The molecule has 32 heavy (non-hydrogen) atoms. The van der Waals surface area contributed by atoms with E-state index in [2.05, 4.69) is 20.3 Å². The molecule has 3 aromatic heterocycles. The van der Waals surface area contributed by atoms with Gasteiger partial charge in [0.15, 0.2) is 0 Å². The number of hydrogen-bond donors (Lipinski definition) is 1. The van der Waals surface area contributed by atoms with Crippen molar-refractivity contribution in [1.29, 1.82) is 0 Å². The third-order valence-corrected chi connectivity index (χ3v) is 5.62. The first kappa shape index (κ1) is 20.0. The third-order valence-electron chi connectivity index (χ3n) is 5.62. The van der Waals surface area contributed by atoms with Crippen LogP contribution in [-0.2, 0) is 7.05 Å². The molecule has 1 amide bonds. The minimum Gasteiger partial charge on any atom is -0.461 e. The van der Waals surface area contributed by atoms with Gasteiger partial charge in [-0.3, -0.25) is 9.48 Å². The summed E-state index contributed by atoms with van der Waals surface area (Å²) < 4.78 is 7.40. The van der Waals surface area contributed by atoms with E-state index in [9.17, 15) is 4.79 Å². The van der Waals surface area contributed by atoms with Gasteiger partial charge in [-0.05, 0) is 43.7 Å². The lowest BCUT2D eigenvalue weighted by Crippen LogP contribution is -2.37. The topological polar surface area (TPSA) is 89.1 Å². The summed E-state index contributed by atoms with van der Waals surface area (Å²) in [6.07, 6.45) is 6.32. The number of aryl methyl sites for hydroxylation is 2. The van der Waals surface area contributed by atoms with E-state index in [0.29, 0.717) is 18.1 Å². The first-order valence-corrected chi connectivity index (χ1v) is 10.6. The highest BCUT2D eigenvalue weighted by Gasteiger charge is 2.26. The Balaban J connectivity index is 1.22. The molecule has 1 fully saturated rings. The van der Waals surface area contributed by atoms with Gasteiger partial charge in [-0.2, -0.15) is 5.10 Å². The maximum absolute atomic E-state index is 12.7. The number of carbonyl (C=O) groups is 1. The number of furan rings is 1. The van der Waals surface area contributed by atoms with Gasteiger partial charge in [0, 0.05) is 55.3 Å². The van der Waals surface area contributed by atoms with Crippen molar-refractivity contribution in [3.05, 3.63) is 72.4 Å². The number of benzene rings is 1. The Morgan fingerprint density at radius 2 is 1.97 bits per heavy atom. The second-order valence-electron chi connectivity index (χ2n) is 8.04. The number of anilines is 1. The monoisotopic (exact) mass is 428 g/mol. The van der Waals surface area contributed by atoms with E-state index >= 15 is 0 Å². The van der Waals surface area contributed by atoms with Crippen molar-refractivity contribution in [3.63, 3.8) is 0 Å². The molecule has 4 aromatic rings. The third kappa shape index (κ3) is 4.12. The average molecular weight is 428 g/mol. The molecule has 0 aliphatic carbocycles. The van der Waals surface area contributed by atoms with E-state index in [-0.39, 0.29) is 11.9 Å². The molecule has 1 aliphatic heterocycles. The Labute approximate surface area is 185 Å². The number of amides is 1. The Hall–Kier alpha value is -3.94. The number of aromatic nitrogens is 4. The van der Waals surface area contributed by atoms with Crippen LogP contribution in [0.25, 0.3) is 22.6 Å². The lowest BCUT2D eigenvalue weighted by molar-refractivity contribution is 0.0940. The van der Waals surface area contributed by atoms with E-state index < -0.39 is 0 Å². The fourth-order valence-corrected chi connectivity index (χ4v) is 3.92. The van der Waals surface area contributed by atoms with Crippen LogP contribution in [0.1, 0.15) is 22.5 Å². The van der Waals surface area contributed by atoms with Crippen LogP contribution in [-0.4, -0.2) is 44.8 Å². The van der Waals surface area contributed by atoms with Gasteiger partial charge in [-0.1, -0.05) is 12.1 Å². The number of nitrogens with zero attached hydrogens (tertiary/aromatic N) is 5. The summed E-state index contributed by atoms with van der Waals surface area (Å²) in [5.74, 6) is 2.25. The summed E-state index contributed by atoms with van der Waals surface area (Å²) in [6.45, 7) is 3.38. The molecule has 0 bridgehead atoms. The van der Waals surface area contributed by atoms with Crippen molar-refractivity contribution >= 4 is 11.9 Å². The Morgan fingerprint density at radius 1 is 1.12 bits per heavy atom. The van der Waals surface area contributed by atoms with E-state index in [0.717, 1.165) is 41.3 Å². The van der Waals surface area contributed by atoms with Gasteiger partial charge in [0.25, 0.3) is 5.91 Å². The van der Waals surface area contributed by atoms with Crippen molar-refractivity contribution in [2.45, 2.75) is 19.4 Å². The van der Waals surface area contributed by atoms with Crippen molar-refractivity contribution in [3.8, 4) is 22.6 Å². The molecule has 0 radical (unpaired) electrons. The molecule has 1 N–H and O–H groups in total. The average Bonchev–Trinajstić information content (AvgIpc) is 3.55. The zero-order chi connectivity index (χ0) is 22.1. The van der Waals surface area contributed by atoms with Gasteiger partial charge in [-0.15, -0.1) is 0 Å². The molecule has 8 nitrogen and oxygen atoms in total. The first-order chi connectivity index (χ1) is 15.5. The van der Waals surface area contributed by atoms with E-state index in [1.807, 2.05) is 62.6 Å². The Morgan fingerprint density at radius 3 is 2.69 bits per heavy atom. The number of rotatable bonds is 5. The lowest BCUT2D eigenvalue weighted by Gasteiger charge is -2.17. The highest BCUT2D eigenvalue weighted by atomic mass is 16.3. The summed E-state index contributed by atoms with van der Waals surface area (Å²) in [4.78, 5) is 24.0. The smallest absolute Gasteiger partial charge is 0.251 e. The van der Waals surface area contributed by atoms with Crippen molar-refractivity contribution in [1.82, 2.24) is 25.1 Å². The van der Waals surface area contributed by atoms with E-state index in [1.54, 1.807) is 17.1 Å². The van der Waals surface area contributed by atoms with Crippen LogP contribution in [0.3, 0.4) is 0 Å². The van der Waals surface area contributed by atoms with Crippen LogP contribution in [0, 0.1) is 6.92 Å². The molecule has 1 unspecified atom stereocenters. The quantitative estimate of drug-likeness (QED) is 0.524. The Kier molecular flexibility index (Phi) is 5.18. The van der Waals surface area contributed by atoms with Gasteiger partial charge in [0.1, 0.15) is 11.5 Å². The predicted octanol–water partition coefficient (Wildman–Crippen LogP) is 3.45. The minimum absolute atomic E-state index is 0.0422. The van der Waals surface area contributed by atoms with Crippen LogP contribution in [0.5, 0.6) is 0 Å². The largest absolute Gasteiger partial charge is 0.461 e. The van der Waals surface area contributed by atoms with Crippen LogP contribution in [0.4, 0.5) is 5.95 Å². The zero-order valence-corrected chi connectivity index (χ0v) is 18.0. The maximum Gasteiger partial charge on any atom is 0.251 e. The SMILES string of the molecule is Cc1ccc(-c2ccc(C(=O)NC3CCN(c4nccc(-c5cnn(C)c5)n4)C3)cc2)o1. The molecule has 5 rings (SSSR count). The molecule has 4 heterocycles. The van der Waals surface area contributed by atoms with Crippen LogP contribution in [0.15, 0.2) is 65.5 Å². The lowest BCUT2D eigenvalue weighted by atomic mass is 10.1. The zero-order valence-electron chi connectivity index (χ0n) is 18.0. The van der Waals surface area contributed by atoms with E-state index in [1.165, 1.54) is 0 Å². The summed E-state index contributed by atoms with van der Waals surface area (Å²) >= 11 is 0. The second-order valence-corrected chi connectivity index (χ2v) is 8.04. The number of nitrogens with one attached hydrogen (secondary N) is 1. The molecule has 1 aliphatic rings. The van der Waals surface area contributed by atoms with Crippen molar-refractivity contribution in [2.24, 2.45) is 7.05 Å². The number of carbonyl (C=O) groups excluding carboxylic acids is 1. The highest BCUT2D eigenvalue weighted by Crippen LogP contribution is 2.23. The van der Waals surface area contributed by atoms with Crippen LogP contribution >= 0.6 is 0 Å². The molecule has 1 saturated heterocycles. The standard InChI is InChI=1S/C24H24N6O2/c1-16-3-8-22(32-16)17-4-6-18(7-5-17)23(31)27-20-10-12-30(15-20)24-25-11-9-21(28-24)19-13-26-29(2)14-19/h3-9,11,13-14,20H,10,12,15H2,1-2H3,(H,27,31). The molecule has 1 aromatic carbocycles. The normalized spacial score (nSPS) is 15.8. The first-order valence-electron chi connectivity index (χ1n) is 10.6. The molecule has 0 saturated carbocycles. The molecule has 8 heteroatoms. The van der Waals surface area contributed by atoms with Gasteiger partial charge >= 0.3 is 0 Å². The summed E-state index contributed by atoms with van der Waals surface area (Å²) in [5.41, 5.74) is 3.37. The maximum atomic E-state index is 12.7. The fraction of sp³-hybridized carbons (Fsp3) is 0.250. The van der Waals surface area contributed by atoms with Crippen molar-refractivity contribution in [2.75, 3.05) is 18.0 Å². The highest BCUT2D eigenvalue weighted by molar-refractivity contribution is 5.94. The molecule has 162 valence electrons. The molecular weight excluding hydrogens is 404 g/mol. The molecule has 1 atom stereocenters. The number of hydrogen-bond acceptors (Lipinski definition) is 6. The van der Waals surface area contributed by atoms with Crippen LogP contribution < -0.4 is 10.2 Å². The van der Waals surface area contributed by atoms with E-state index in [4.69, 9.17) is 9.40 Å². The molecule has 0 spiro atoms.